The van der Waals surface area contributed by atoms with Crippen LogP contribution in [0.4, 0.5) is 0 Å². The van der Waals surface area contributed by atoms with Gasteiger partial charge in [0.2, 0.25) is 0 Å². The second-order valence-electron chi connectivity index (χ2n) is 5.86. The van der Waals surface area contributed by atoms with Crippen molar-refractivity contribution < 1.29 is 9.53 Å². The number of aryl methyl sites for hydroxylation is 1. The SMILES string of the molecule is Cc1ccc([C@H]2C(C=O)=C(c3cccs3)Oc3ccccc32)cc1. The zero-order chi connectivity index (χ0) is 16.5. The van der Waals surface area contributed by atoms with E-state index in [9.17, 15) is 4.79 Å². The van der Waals surface area contributed by atoms with Crippen LogP contribution in [0.5, 0.6) is 5.75 Å². The van der Waals surface area contributed by atoms with Crippen molar-refractivity contribution in [2.24, 2.45) is 0 Å². The van der Waals surface area contributed by atoms with Crippen LogP contribution in [0, 0.1) is 6.92 Å². The number of fused-ring (bicyclic) bond motifs is 1. The lowest BCUT2D eigenvalue weighted by Crippen LogP contribution is -2.16. The Morgan fingerprint density at radius 1 is 1.00 bits per heavy atom. The molecule has 24 heavy (non-hydrogen) atoms. The number of allylic oxidation sites excluding steroid dienone is 1. The molecule has 3 heteroatoms. The minimum atomic E-state index is -0.106. The molecule has 2 nitrogen and oxygen atoms in total. The van der Waals surface area contributed by atoms with Crippen LogP contribution in [0.25, 0.3) is 5.76 Å². The molecule has 0 radical (unpaired) electrons. The quantitative estimate of drug-likeness (QED) is 0.617. The number of carbonyl (C=O) groups excluding carboxylic acids is 1. The molecule has 0 bridgehead atoms. The summed E-state index contributed by atoms with van der Waals surface area (Å²) >= 11 is 1.58. The van der Waals surface area contributed by atoms with Gasteiger partial charge in [0.15, 0.2) is 12.0 Å². The van der Waals surface area contributed by atoms with Crippen molar-refractivity contribution in [3.8, 4) is 5.75 Å². The second-order valence-corrected chi connectivity index (χ2v) is 6.81. The summed E-state index contributed by atoms with van der Waals surface area (Å²) in [6.07, 6.45) is 0.940. The number of ether oxygens (including phenoxy) is 1. The number of carbonyl (C=O) groups is 1. The molecule has 0 saturated heterocycles. The average Bonchev–Trinajstić information content (AvgIpc) is 3.15. The highest BCUT2D eigenvalue weighted by molar-refractivity contribution is 7.11. The van der Waals surface area contributed by atoms with E-state index in [1.165, 1.54) is 5.56 Å². The van der Waals surface area contributed by atoms with E-state index in [1.807, 2.05) is 41.8 Å². The summed E-state index contributed by atoms with van der Waals surface area (Å²) in [5.41, 5.74) is 4.02. The molecule has 0 unspecified atom stereocenters. The van der Waals surface area contributed by atoms with Gasteiger partial charge >= 0.3 is 0 Å². The Labute approximate surface area is 145 Å². The molecule has 0 aliphatic carbocycles. The maximum absolute atomic E-state index is 12.0. The van der Waals surface area contributed by atoms with E-state index in [2.05, 4.69) is 31.2 Å². The zero-order valence-electron chi connectivity index (χ0n) is 13.2. The first kappa shape index (κ1) is 14.9. The number of para-hydroxylation sites is 1. The molecule has 4 rings (SSSR count). The Kier molecular flexibility index (Phi) is 3.79. The molecule has 0 fully saturated rings. The molecular weight excluding hydrogens is 316 g/mol. The van der Waals surface area contributed by atoms with Crippen LogP contribution in [0.1, 0.15) is 27.5 Å². The van der Waals surface area contributed by atoms with Gasteiger partial charge in [-0.15, -0.1) is 11.3 Å². The first-order chi connectivity index (χ1) is 11.8. The highest BCUT2D eigenvalue weighted by Gasteiger charge is 2.31. The van der Waals surface area contributed by atoms with Crippen molar-refractivity contribution in [1.29, 1.82) is 0 Å². The third kappa shape index (κ3) is 2.47. The first-order valence-corrected chi connectivity index (χ1v) is 8.72. The topological polar surface area (TPSA) is 26.3 Å². The van der Waals surface area contributed by atoms with Crippen molar-refractivity contribution in [2.75, 3.05) is 0 Å². The van der Waals surface area contributed by atoms with Crippen LogP contribution in [0.3, 0.4) is 0 Å². The summed E-state index contributed by atoms with van der Waals surface area (Å²) in [7, 11) is 0. The molecule has 2 aromatic carbocycles. The number of hydrogen-bond acceptors (Lipinski definition) is 3. The van der Waals surface area contributed by atoms with Crippen molar-refractivity contribution in [1.82, 2.24) is 0 Å². The predicted molar refractivity (Wildman–Crippen MR) is 97.4 cm³/mol. The molecular formula is C21H16O2S. The minimum absolute atomic E-state index is 0.106. The fourth-order valence-corrected chi connectivity index (χ4v) is 3.85. The highest BCUT2D eigenvalue weighted by Crippen LogP contribution is 2.45. The summed E-state index contributed by atoms with van der Waals surface area (Å²) in [4.78, 5) is 13.0. The standard InChI is InChI=1S/C21H16O2S/c1-14-8-10-15(11-9-14)20-16-5-2-3-6-18(16)23-21(17(20)13-22)19-7-4-12-24-19/h2-13,20H,1H3/t20-/m1/s1. The normalized spacial score (nSPS) is 16.5. The lowest BCUT2D eigenvalue weighted by molar-refractivity contribution is -0.105. The lowest BCUT2D eigenvalue weighted by Gasteiger charge is -2.28. The van der Waals surface area contributed by atoms with Gasteiger partial charge in [0.25, 0.3) is 0 Å². The van der Waals surface area contributed by atoms with Crippen LogP contribution in [-0.4, -0.2) is 6.29 Å². The molecule has 0 spiro atoms. The van der Waals surface area contributed by atoms with Gasteiger partial charge in [-0.2, -0.15) is 0 Å². The first-order valence-electron chi connectivity index (χ1n) is 7.84. The van der Waals surface area contributed by atoms with Crippen LogP contribution in [0.2, 0.25) is 0 Å². The van der Waals surface area contributed by atoms with Gasteiger partial charge in [0.05, 0.1) is 4.88 Å². The number of benzene rings is 2. The Hall–Kier alpha value is -2.65. The number of hydrogen-bond donors (Lipinski definition) is 0. The van der Waals surface area contributed by atoms with Crippen molar-refractivity contribution in [3.05, 3.63) is 93.2 Å². The zero-order valence-corrected chi connectivity index (χ0v) is 14.0. The molecule has 118 valence electrons. The van der Waals surface area contributed by atoms with E-state index in [4.69, 9.17) is 4.74 Å². The van der Waals surface area contributed by atoms with Crippen molar-refractivity contribution in [3.63, 3.8) is 0 Å². The number of thiophene rings is 1. The molecule has 1 aromatic heterocycles. The predicted octanol–water partition coefficient (Wildman–Crippen LogP) is 5.19. The van der Waals surface area contributed by atoms with Gasteiger partial charge in [-0.05, 0) is 30.0 Å². The molecule has 3 aromatic rings. The van der Waals surface area contributed by atoms with E-state index in [0.717, 1.165) is 28.0 Å². The Bertz CT molecular complexity index is 905. The van der Waals surface area contributed by atoms with Gasteiger partial charge < -0.3 is 4.74 Å². The van der Waals surface area contributed by atoms with E-state index < -0.39 is 0 Å². The molecule has 1 aliphatic rings. The molecule has 0 saturated carbocycles. The van der Waals surface area contributed by atoms with Gasteiger partial charge in [0, 0.05) is 17.1 Å². The van der Waals surface area contributed by atoms with Crippen molar-refractivity contribution >= 4 is 23.4 Å². The lowest BCUT2D eigenvalue weighted by atomic mass is 9.82. The van der Waals surface area contributed by atoms with E-state index in [-0.39, 0.29) is 5.92 Å². The van der Waals surface area contributed by atoms with Crippen LogP contribution < -0.4 is 4.74 Å². The largest absolute Gasteiger partial charge is 0.455 e. The molecule has 1 atom stereocenters. The Morgan fingerprint density at radius 2 is 1.79 bits per heavy atom. The maximum Gasteiger partial charge on any atom is 0.152 e. The number of rotatable bonds is 3. The van der Waals surface area contributed by atoms with Gasteiger partial charge in [-0.3, -0.25) is 4.79 Å². The number of aldehydes is 1. The molecule has 0 N–H and O–H groups in total. The monoisotopic (exact) mass is 332 g/mol. The van der Waals surface area contributed by atoms with Crippen molar-refractivity contribution in [2.45, 2.75) is 12.8 Å². The summed E-state index contributed by atoms with van der Waals surface area (Å²) < 4.78 is 6.11. The third-order valence-corrected chi connectivity index (χ3v) is 5.17. The molecule has 2 heterocycles. The van der Waals surface area contributed by atoms with Crippen LogP contribution in [-0.2, 0) is 4.79 Å². The van der Waals surface area contributed by atoms with Crippen LogP contribution in [0.15, 0.2) is 71.6 Å². The average molecular weight is 332 g/mol. The summed E-state index contributed by atoms with van der Waals surface area (Å²) in [6.45, 7) is 2.06. The van der Waals surface area contributed by atoms with Crippen LogP contribution >= 0.6 is 11.3 Å². The van der Waals surface area contributed by atoms with E-state index in [0.29, 0.717) is 11.3 Å². The Balaban J connectivity index is 1.95. The summed E-state index contributed by atoms with van der Waals surface area (Å²) in [5.74, 6) is 1.38. The molecule has 0 amide bonds. The van der Waals surface area contributed by atoms with E-state index in [1.54, 1.807) is 11.3 Å². The molecule has 1 aliphatic heterocycles. The summed E-state index contributed by atoms with van der Waals surface area (Å²) in [6, 6.07) is 20.3. The minimum Gasteiger partial charge on any atom is -0.455 e. The smallest absolute Gasteiger partial charge is 0.152 e. The maximum atomic E-state index is 12.0. The fourth-order valence-electron chi connectivity index (χ4n) is 3.12. The Morgan fingerprint density at radius 3 is 2.50 bits per heavy atom. The third-order valence-electron chi connectivity index (χ3n) is 4.30. The van der Waals surface area contributed by atoms with E-state index >= 15 is 0 Å². The second kappa shape index (κ2) is 6.10. The van der Waals surface area contributed by atoms with Gasteiger partial charge in [0.1, 0.15) is 5.75 Å². The highest BCUT2D eigenvalue weighted by atomic mass is 32.1. The van der Waals surface area contributed by atoms with Gasteiger partial charge in [-0.25, -0.2) is 0 Å². The fraction of sp³-hybridized carbons (Fsp3) is 0.0952. The van der Waals surface area contributed by atoms with Gasteiger partial charge in [-0.1, -0.05) is 54.1 Å². The summed E-state index contributed by atoms with van der Waals surface area (Å²) in [5, 5.41) is 2.00.